The highest BCUT2D eigenvalue weighted by Crippen LogP contribution is 2.19. The Morgan fingerprint density at radius 2 is 2.08 bits per heavy atom. The first-order valence-corrected chi connectivity index (χ1v) is 4.10. The molecule has 2 unspecified atom stereocenters. The number of rotatable bonds is 5. The quantitative estimate of drug-likeness (QED) is 0.617. The van der Waals surface area contributed by atoms with E-state index in [0.717, 1.165) is 6.42 Å². The van der Waals surface area contributed by atoms with Crippen molar-refractivity contribution in [2.45, 2.75) is 32.8 Å². The summed E-state index contributed by atoms with van der Waals surface area (Å²) in [6.07, 6.45) is 0.888. The van der Waals surface area contributed by atoms with Gasteiger partial charge in [0.15, 0.2) is 0 Å². The van der Waals surface area contributed by atoms with Crippen LogP contribution in [0.3, 0.4) is 0 Å². The van der Waals surface area contributed by atoms with Crippen LogP contribution in [0, 0.1) is 5.92 Å². The zero-order valence-electron chi connectivity index (χ0n) is 7.58. The summed E-state index contributed by atoms with van der Waals surface area (Å²) >= 11 is 0. The molecule has 0 saturated heterocycles. The van der Waals surface area contributed by atoms with E-state index in [1.807, 2.05) is 6.92 Å². The molecule has 0 aromatic carbocycles. The maximum absolute atomic E-state index is 10.5. The maximum Gasteiger partial charge on any atom is 0.331 e. The zero-order valence-corrected chi connectivity index (χ0v) is 7.58. The van der Waals surface area contributed by atoms with Crippen LogP contribution in [0.1, 0.15) is 26.7 Å². The summed E-state index contributed by atoms with van der Waals surface area (Å²) in [5.74, 6) is -1.33. The summed E-state index contributed by atoms with van der Waals surface area (Å²) in [6.45, 7) is 6.98. The molecule has 0 amide bonds. The number of aliphatic carboxylic acids is 1. The first-order chi connectivity index (χ1) is 5.50. The number of carboxylic acid groups (broad SMARTS) is 1. The van der Waals surface area contributed by atoms with Gasteiger partial charge in [-0.2, -0.15) is 0 Å². The third-order valence-corrected chi connectivity index (χ3v) is 1.90. The Hall–Kier alpha value is -0.830. The third kappa shape index (κ3) is 3.05. The molecule has 0 rings (SSSR count). The molecule has 0 aliphatic carbocycles. The van der Waals surface area contributed by atoms with Crippen molar-refractivity contribution in [1.29, 1.82) is 0 Å². The van der Waals surface area contributed by atoms with Crippen molar-refractivity contribution in [3.8, 4) is 0 Å². The molecule has 2 atom stereocenters. The van der Waals surface area contributed by atoms with Crippen molar-refractivity contribution >= 4 is 5.97 Å². The monoisotopic (exact) mass is 172 g/mol. The van der Waals surface area contributed by atoms with Gasteiger partial charge in [-0.15, -0.1) is 0 Å². The first-order valence-electron chi connectivity index (χ1n) is 4.10. The third-order valence-electron chi connectivity index (χ3n) is 1.90. The van der Waals surface area contributed by atoms with Crippen molar-refractivity contribution in [2.75, 3.05) is 0 Å². The second-order valence-electron chi connectivity index (χ2n) is 2.97. The van der Waals surface area contributed by atoms with Gasteiger partial charge in [0.05, 0.1) is 6.10 Å². The molecule has 0 aromatic heterocycles. The minimum atomic E-state index is -1.02. The fourth-order valence-electron chi connectivity index (χ4n) is 1.18. The lowest BCUT2D eigenvalue weighted by Gasteiger charge is -2.18. The van der Waals surface area contributed by atoms with E-state index in [9.17, 15) is 9.90 Å². The Balaban J connectivity index is 4.29. The first kappa shape index (κ1) is 11.2. The van der Waals surface area contributed by atoms with Crippen LogP contribution in [0.15, 0.2) is 12.2 Å². The van der Waals surface area contributed by atoms with Crippen molar-refractivity contribution in [1.82, 2.24) is 0 Å². The summed E-state index contributed by atoms with van der Waals surface area (Å²) in [5, 5.41) is 17.9. The second kappa shape index (κ2) is 4.93. The summed E-state index contributed by atoms with van der Waals surface area (Å²) in [5.41, 5.74) is 0.104. The van der Waals surface area contributed by atoms with Gasteiger partial charge in [-0.25, -0.2) is 4.79 Å². The zero-order chi connectivity index (χ0) is 9.72. The molecule has 0 aliphatic rings. The lowest BCUT2D eigenvalue weighted by Crippen LogP contribution is -2.22. The molecular weight excluding hydrogens is 156 g/mol. The molecular formula is C9H16O3. The molecule has 0 bridgehead atoms. The number of hydrogen-bond donors (Lipinski definition) is 2. The summed E-state index contributed by atoms with van der Waals surface area (Å²) in [7, 11) is 0. The van der Waals surface area contributed by atoms with Crippen LogP contribution in [0.2, 0.25) is 0 Å². The van der Waals surface area contributed by atoms with E-state index in [0.29, 0.717) is 6.42 Å². The normalized spacial score (nSPS) is 15.2. The Bertz CT molecular complexity index is 173. The molecule has 12 heavy (non-hydrogen) atoms. The average molecular weight is 172 g/mol. The van der Waals surface area contributed by atoms with E-state index in [-0.39, 0.29) is 11.5 Å². The SMILES string of the molecule is C=C(C(=O)O)C(CCC)C(C)O. The van der Waals surface area contributed by atoms with Crippen molar-refractivity contribution < 1.29 is 15.0 Å². The predicted octanol–water partition coefficient (Wildman–Crippen LogP) is 1.42. The minimum absolute atomic E-state index is 0.104. The minimum Gasteiger partial charge on any atom is -0.478 e. The average Bonchev–Trinajstić information content (AvgIpc) is 1.98. The lowest BCUT2D eigenvalue weighted by molar-refractivity contribution is -0.133. The molecule has 0 heterocycles. The van der Waals surface area contributed by atoms with Crippen LogP contribution in [0.4, 0.5) is 0 Å². The standard InChI is InChI=1S/C9H16O3/c1-4-5-8(7(3)10)6(2)9(11)12/h7-8,10H,2,4-5H2,1,3H3,(H,11,12). The number of hydrogen-bond acceptors (Lipinski definition) is 2. The Kier molecular flexibility index (Phi) is 4.59. The Morgan fingerprint density at radius 3 is 2.33 bits per heavy atom. The molecule has 0 spiro atoms. The maximum atomic E-state index is 10.5. The van der Waals surface area contributed by atoms with Crippen LogP contribution in [-0.4, -0.2) is 22.3 Å². The van der Waals surface area contributed by atoms with Gasteiger partial charge in [0.1, 0.15) is 0 Å². The summed E-state index contributed by atoms with van der Waals surface area (Å²) in [6, 6.07) is 0. The van der Waals surface area contributed by atoms with Crippen LogP contribution < -0.4 is 0 Å². The highest BCUT2D eigenvalue weighted by atomic mass is 16.4. The van der Waals surface area contributed by atoms with Gasteiger partial charge in [-0.05, 0) is 13.3 Å². The molecule has 3 nitrogen and oxygen atoms in total. The Morgan fingerprint density at radius 1 is 1.58 bits per heavy atom. The van der Waals surface area contributed by atoms with Gasteiger partial charge in [0, 0.05) is 11.5 Å². The van der Waals surface area contributed by atoms with Crippen LogP contribution in [0.5, 0.6) is 0 Å². The van der Waals surface area contributed by atoms with Gasteiger partial charge in [-0.3, -0.25) is 0 Å². The fourth-order valence-corrected chi connectivity index (χ4v) is 1.18. The molecule has 0 saturated carbocycles. The smallest absolute Gasteiger partial charge is 0.331 e. The predicted molar refractivity (Wildman–Crippen MR) is 46.9 cm³/mol. The highest BCUT2D eigenvalue weighted by Gasteiger charge is 2.21. The van der Waals surface area contributed by atoms with Crippen molar-refractivity contribution in [2.24, 2.45) is 5.92 Å². The van der Waals surface area contributed by atoms with E-state index in [4.69, 9.17) is 5.11 Å². The number of aliphatic hydroxyl groups excluding tert-OH is 1. The fraction of sp³-hybridized carbons (Fsp3) is 0.667. The van der Waals surface area contributed by atoms with E-state index < -0.39 is 12.1 Å². The molecule has 0 aliphatic heterocycles. The van der Waals surface area contributed by atoms with Gasteiger partial charge >= 0.3 is 5.97 Å². The van der Waals surface area contributed by atoms with E-state index in [1.54, 1.807) is 6.92 Å². The number of carboxylic acids is 1. The lowest BCUT2D eigenvalue weighted by atomic mass is 9.91. The molecule has 3 heteroatoms. The molecule has 0 fully saturated rings. The van der Waals surface area contributed by atoms with Crippen LogP contribution in [-0.2, 0) is 4.79 Å². The van der Waals surface area contributed by atoms with Gasteiger partial charge in [-0.1, -0.05) is 19.9 Å². The van der Waals surface area contributed by atoms with Crippen LogP contribution >= 0.6 is 0 Å². The largest absolute Gasteiger partial charge is 0.478 e. The Labute approximate surface area is 72.7 Å². The highest BCUT2D eigenvalue weighted by molar-refractivity contribution is 5.86. The van der Waals surface area contributed by atoms with E-state index in [1.165, 1.54) is 0 Å². The summed E-state index contributed by atoms with van der Waals surface area (Å²) in [4.78, 5) is 10.5. The van der Waals surface area contributed by atoms with E-state index >= 15 is 0 Å². The second-order valence-corrected chi connectivity index (χ2v) is 2.97. The molecule has 0 aromatic rings. The van der Waals surface area contributed by atoms with Gasteiger partial charge < -0.3 is 10.2 Å². The van der Waals surface area contributed by atoms with Crippen molar-refractivity contribution in [3.05, 3.63) is 12.2 Å². The van der Waals surface area contributed by atoms with Gasteiger partial charge in [0.2, 0.25) is 0 Å². The van der Waals surface area contributed by atoms with Gasteiger partial charge in [0.25, 0.3) is 0 Å². The molecule has 2 N–H and O–H groups in total. The van der Waals surface area contributed by atoms with Crippen molar-refractivity contribution in [3.63, 3.8) is 0 Å². The summed E-state index contributed by atoms with van der Waals surface area (Å²) < 4.78 is 0. The molecule has 0 radical (unpaired) electrons. The molecule has 70 valence electrons. The van der Waals surface area contributed by atoms with Crippen LogP contribution in [0.25, 0.3) is 0 Å². The topological polar surface area (TPSA) is 57.5 Å². The number of aliphatic hydroxyl groups is 1. The number of carbonyl (C=O) groups is 1. The van der Waals surface area contributed by atoms with E-state index in [2.05, 4.69) is 6.58 Å².